The van der Waals surface area contributed by atoms with E-state index in [4.69, 9.17) is 4.74 Å². The van der Waals surface area contributed by atoms with E-state index in [-0.39, 0.29) is 18.6 Å². The monoisotopic (exact) mass is 221 g/mol. The lowest BCUT2D eigenvalue weighted by molar-refractivity contribution is -0.142. The van der Waals surface area contributed by atoms with Crippen molar-refractivity contribution in [3.8, 4) is 0 Å². The molecule has 0 saturated heterocycles. The minimum Gasteiger partial charge on any atom is -0.465 e. The zero-order valence-corrected chi connectivity index (χ0v) is 10.1. The van der Waals surface area contributed by atoms with Gasteiger partial charge in [-0.3, -0.25) is 4.79 Å². The summed E-state index contributed by atoms with van der Waals surface area (Å²) in [6.07, 6.45) is 0. The van der Waals surface area contributed by atoms with Gasteiger partial charge in [-0.05, 0) is 31.9 Å². The van der Waals surface area contributed by atoms with Crippen molar-refractivity contribution < 1.29 is 9.53 Å². The molecule has 0 saturated carbocycles. The maximum Gasteiger partial charge on any atom is 0.319 e. The van der Waals surface area contributed by atoms with Crippen molar-refractivity contribution in [3.63, 3.8) is 0 Å². The first-order valence-electron chi connectivity index (χ1n) is 5.59. The second kappa shape index (κ2) is 6.28. The van der Waals surface area contributed by atoms with Crippen molar-refractivity contribution in [2.45, 2.75) is 26.8 Å². The molecule has 0 bridgehead atoms. The molecule has 1 atom stereocenters. The molecule has 0 fully saturated rings. The summed E-state index contributed by atoms with van der Waals surface area (Å²) in [7, 11) is 0. The van der Waals surface area contributed by atoms with Gasteiger partial charge in [0, 0.05) is 6.04 Å². The molecule has 88 valence electrons. The number of rotatable bonds is 5. The van der Waals surface area contributed by atoms with Gasteiger partial charge in [0.1, 0.15) is 0 Å². The molecule has 0 aliphatic carbocycles. The highest BCUT2D eigenvalue weighted by Gasteiger charge is 2.09. The van der Waals surface area contributed by atoms with Gasteiger partial charge in [0.2, 0.25) is 0 Å². The van der Waals surface area contributed by atoms with Crippen LogP contribution in [-0.2, 0) is 9.53 Å². The summed E-state index contributed by atoms with van der Waals surface area (Å²) in [5, 5.41) is 3.15. The van der Waals surface area contributed by atoms with Crippen molar-refractivity contribution in [1.82, 2.24) is 5.32 Å². The fourth-order valence-corrected chi connectivity index (χ4v) is 1.63. The molecular weight excluding hydrogens is 202 g/mol. The normalized spacial score (nSPS) is 12.2. The fraction of sp³-hybridized carbons (Fsp3) is 0.462. The minimum atomic E-state index is -0.206. The van der Waals surface area contributed by atoms with Gasteiger partial charge in [0.05, 0.1) is 13.2 Å². The Kier molecular flexibility index (Phi) is 4.99. The highest BCUT2D eigenvalue weighted by molar-refractivity contribution is 5.71. The summed E-state index contributed by atoms with van der Waals surface area (Å²) >= 11 is 0. The van der Waals surface area contributed by atoms with E-state index in [0.29, 0.717) is 6.61 Å². The van der Waals surface area contributed by atoms with E-state index in [0.717, 1.165) is 0 Å². The number of carbonyl (C=O) groups excluding carboxylic acids is 1. The van der Waals surface area contributed by atoms with Crippen LogP contribution >= 0.6 is 0 Å². The Hall–Kier alpha value is -1.35. The summed E-state index contributed by atoms with van der Waals surface area (Å²) in [5.41, 5.74) is 2.44. The number of nitrogens with one attached hydrogen (secondary N) is 1. The van der Waals surface area contributed by atoms with Crippen LogP contribution in [0.1, 0.15) is 31.0 Å². The molecule has 0 aliphatic heterocycles. The summed E-state index contributed by atoms with van der Waals surface area (Å²) in [4.78, 5) is 11.2. The molecule has 0 spiro atoms. The average Bonchev–Trinajstić information content (AvgIpc) is 2.27. The van der Waals surface area contributed by atoms with Gasteiger partial charge < -0.3 is 10.1 Å². The molecule has 1 unspecified atom stereocenters. The van der Waals surface area contributed by atoms with Crippen molar-refractivity contribution in [1.29, 1.82) is 0 Å². The first kappa shape index (κ1) is 12.7. The standard InChI is InChI=1S/C13H19NO2/c1-4-16-13(15)9-14-11(3)12-8-6-5-7-10(12)2/h5-8,11,14H,4,9H2,1-3H3. The molecule has 0 aromatic heterocycles. The van der Waals surface area contributed by atoms with Gasteiger partial charge in [-0.1, -0.05) is 24.3 Å². The van der Waals surface area contributed by atoms with Crippen LogP contribution in [0, 0.1) is 6.92 Å². The molecule has 3 heteroatoms. The van der Waals surface area contributed by atoms with Crippen LogP contribution in [0.2, 0.25) is 0 Å². The van der Waals surface area contributed by atoms with Crippen LogP contribution in [0.15, 0.2) is 24.3 Å². The lowest BCUT2D eigenvalue weighted by Gasteiger charge is -2.15. The highest BCUT2D eigenvalue weighted by Crippen LogP contribution is 2.16. The number of carbonyl (C=O) groups is 1. The number of aryl methyl sites for hydroxylation is 1. The molecule has 3 nitrogen and oxygen atoms in total. The zero-order valence-electron chi connectivity index (χ0n) is 10.1. The average molecular weight is 221 g/mol. The van der Waals surface area contributed by atoms with Gasteiger partial charge >= 0.3 is 5.97 Å². The van der Waals surface area contributed by atoms with E-state index in [1.54, 1.807) is 0 Å². The Bertz CT molecular complexity index is 350. The molecule has 1 aromatic rings. The van der Waals surface area contributed by atoms with Gasteiger partial charge in [-0.25, -0.2) is 0 Å². The predicted octanol–water partition coefficient (Wildman–Crippen LogP) is 2.21. The number of ether oxygens (including phenoxy) is 1. The van der Waals surface area contributed by atoms with E-state index in [1.165, 1.54) is 11.1 Å². The van der Waals surface area contributed by atoms with Gasteiger partial charge in [-0.15, -0.1) is 0 Å². The highest BCUT2D eigenvalue weighted by atomic mass is 16.5. The maximum absolute atomic E-state index is 11.2. The van der Waals surface area contributed by atoms with Crippen molar-refractivity contribution in [2.75, 3.05) is 13.2 Å². The predicted molar refractivity (Wildman–Crippen MR) is 64.2 cm³/mol. The molecule has 1 N–H and O–H groups in total. The lowest BCUT2D eigenvalue weighted by Crippen LogP contribution is -2.27. The molecule has 0 heterocycles. The number of hydrogen-bond acceptors (Lipinski definition) is 3. The number of benzene rings is 1. The van der Waals surface area contributed by atoms with E-state index in [2.05, 4.69) is 24.4 Å². The molecular formula is C13H19NO2. The first-order valence-corrected chi connectivity index (χ1v) is 5.59. The Morgan fingerprint density at radius 1 is 1.44 bits per heavy atom. The summed E-state index contributed by atoms with van der Waals surface area (Å²) in [6, 6.07) is 8.31. The zero-order chi connectivity index (χ0) is 12.0. The third kappa shape index (κ3) is 3.66. The fourth-order valence-electron chi connectivity index (χ4n) is 1.63. The quantitative estimate of drug-likeness (QED) is 0.775. The van der Waals surface area contributed by atoms with Gasteiger partial charge in [0.15, 0.2) is 0 Å². The van der Waals surface area contributed by atoms with Gasteiger partial charge in [0.25, 0.3) is 0 Å². The van der Waals surface area contributed by atoms with Crippen LogP contribution in [0.3, 0.4) is 0 Å². The van der Waals surface area contributed by atoms with Gasteiger partial charge in [-0.2, -0.15) is 0 Å². The van der Waals surface area contributed by atoms with Crippen molar-refractivity contribution in [3.05, 3.63) is 35.4 Å². The first-order chi connectivity index (χ1) is 7.65. The lowest BCUT2D eigenvalue weighted by atomic mass is 10.0. The largest absolute Gasteiger partial charge is 0.465 e. The maximum atomic E-state index is 11.2. The molecule has 0 aliphatic rings. The molecule has 1 aromatic carbocycles. The summed E-state index contributed by atoms with van der Waals surface area (Å²) in [6.45, 7) is 6.60. The van der Waals surface area contributed by atoms with Crippen LogP contribution in [0.5, 0.6) is 0 Å². The smallest absolute Gasteiger partial charge is 0.319 e. The van der Waals surface area contributed by atoms with E-state index in [9.17, 15) is 4.79 Å². The minimum absolute atomic E-state index is 0.158. The molecule has 1 rings (SSSR count). The SMILES string of the molecule is CCOC(=O)CNC(C)c1ccccc1C. The second-order valence-corrected chi connectivity index (χ2v) is 3.76. The van der Waals surface area contributed by atoms with E-state index >= 15 is 0 Å². The van der Waals surface area contributed by atoms with E-state index in [1.807, 2.05) is 26.0 Å². The van der Waals surface area contributed by atoms with Crippen molar-refractivity contribution in [2.24, 2.45) is 0 Å². The Labute approximate surface area is 96.8 Å². The van der Waals surface area contributed by atoms with Crippen LogP contribution in [0.25, 0.3) is 0 Å². The Balaban J connectivity index is 2.50. The molecule has 16 heavy (non-hydrogen) atoms. The van der Waals surface area contributed by atoms with Crippen LogP contribution in [0.4, 0.5) is 0 Å². The number of hydrogen-bond donors (Lipinski definition) is 1. The third-order valence-corrected chi connectivity index (χ3v) is 2.51. The Morgan fingerprint density at radius 2 is 2.12 bits per heavy atom. The van der Waals surface area contributed by atoms with Crippen molar-refractivity contribution >= 4 is 5.97 Å². The molecule has 0 radical (unpaired) electrons. The van der Waals surface area contributed by atoms with Crippen LogP contribution < -0.4 is 5.32 Å². The van der Waals surface area contributed by atoms with Crippen LogP contribution in [-0.4, -0.2) is 19.1 Å². The third-order valence-electron chi connectivity index (χ3n) is 2.51. The Morgan fingerprint density at radius 3 is 2.75 bits per heavy atom. The summed E-state index contributed by atoms with van der Waals surface area (Å²) < 4.78 is 4.86. The topological polar surface area (TPSA) is 38.3 Å². The number of esters is 1. The van der Waals surface area contributed by atoms with E-state index < -0.39 is 0 Å². The summed E-state index contributed by atoms with van der Waals surface area (Å²) in [5.74, 6) is -0.206. The second-order valence-electron chi connectivity index (χ2n) is 3.76. The molecule has 0 amide bonds.